The van der Waals surface area contributed by atoms with E-state index in [4.69, 9.17) is 4.74 Å². The van der Waals surface area contributed by atoms with Crippen LogP contribution in [0.15, 0.2) is 28.7 Å². The number of hydrogen-bond donors (Lipinski definition) is 1. The molecule has 0 heterocycles. The molecule has 1 aromatic carbocycles. The second-order valence-corrected chi connectivity index (χ2v) is 6.25. The van der Waals surface area contributed by atoms with E-state index in [1.54, 1.807) is 0 Å². The Morgan fingerprint density at radius 2 is 2.11 bits per heavy atom. The molecular weight excluding hydrogens is 302 g/mol. The standard InChI is InChI=1S/C16H26BrNO/c1-4-18-15(11-13(2)3)8-6-10-19-16-9-5-7-14(17)12-16/h5,7,9,12-13,15,18H,4,6,8,10-11H2,1-3H3. The van der Waals surface area contributed by atoms with Crippen molar-refractivity contribution in [2.45, 2.75) is 46.1 Å². The summed E-state index contributed by atoms with van der Waals surface area (Å²) in [6.45, 7) is 8.57. The molecule has 0 saturated carbocycles. The first-order chi connectivity index (χ1) is 9.11. The number of halogens is 1. The van der Waals surface area contributed by atoms with E-state index < -0.39 is 0 Å². The highest BCUT2D eigenvalue weighted by atomic mass is 79.9. The van der Waals surface area contributed by atoms with Gasteiger partial charge in [-0.25, -0.2) is 0 Å². The number of benzene rings is 1. The van der Waals surface area contributed by atoms with Gasteiger partial charge in [0.25, 0.3) is 0 Å². The van der Waals surface area contributed by atoms with Crippen molar-refractivity contribution in [2.75, 3.05) is 13.2 Å². The second kappa shape index (κ2) is 9.38. The first-order valence-corrected chi connectivity index (χ1v) is 8.02. The van der Waals surface area contributed by atoms with Gasteiger partial charge >= 0.3 is 0 Å². The Bertz CT molecular complexity index is 354. The van der Waals surface area contributed by atoms with Crippen molar-refractivity contribution in [3.8, 4) is 5.75 Å². The van der Waals surface area contributed by atoms with Gasteiger partial charge in [-0.15, -0.1) is 0 Å². The summed E-state index contributed by atoms with van der Waals surface area (Å²) in [5.41, 5.74) is 0. The predicted molar refractivity (Wildman–Crippen MR) is 85.8 cm³/mol. The van der Waals surface area contributed by atoms with Crippen LogP contribution in [0.5, 0.6) is 5.75 Å². The molecule has 0 radical (unpaired) electrons. The summed E-state index contributed by atoms with van der Waals surface area (Å²) >= 11 is 3.45. The first kappa shape index (κ1) is 16.5. The fraction of sp³-hybridized carbons (Fsp3) is 0.625. The van der Waals surface area contributed by atoms with Crippen LogP contribution in [0.1, 0.15) is 40.0 Å². The van der Waals surface area contributed by atoms with Gasteiger partial charge in [-0.05, 0) is 49.9 Å². The average Bonchev–Trinajstić information content (AvgIpc) is 2.34. The number of rotatable bonds is 9. The van der Waals surface area contributed by atoms with E-state index in [9.17, 15) is 0 Å². The van der Waals surface area contributed by atoms with Gasteiger partial charge in [0.1, 0.15) is 5.75 Å². The Balaban J connectivity index is 2.24. The molecule has 1 unspecified atom stereocenters. The smallest absolute Gasteiger partial charge is 0.120 e. The minimum Gasteiger partial charge on any atom is -0.494 e. The van der Waals surface area contributed by atoms with Crippen LogP contribution in [0.4, 0.5) is 0 Å². The molecule has 108 valence electrons. The summed E-state index contributed by atoms with van der Waals surface area (Å²) in [7, 11) is 0. The molecule has 0 saturated heterocycles. The second-order valence-electron chi connectivity index (χ2n) is 5.33. The topological polar surface area (TPSA) is 21.3 Å². The van der Waals surface area contributed by atoms with Gasteiger partial charge in [-0.2, -0.15) is 0 Å². The summed E-state index contributed by atoms with van der Waals surface area (Å²) < 4.78 is 6.83. The Kier molecular flexibility index (Phi) is 8.15. The molecule has 3 heteroatoms. The molecule has 0 aliphatic carbocycles. The lowest BCUT2D eigenvalue weighted by molar-refractivity contribution is 0.288. The van der Waals surface area contributed by atoms with Gasteiger partial charge in [-0.3, -0.25) is 0 Å². The van der Waals surface area contributed by atoms with Gasteiger partial charge in [0.2, 0.25) is 0 Å². The molecule has 0 aliphatic heterocycles. The molecule has 0 aliphatic rings. The van der Waals surface area contributed by atoms with Crippen molar-refractivity contribution < 1.29 is 4.74 Å². The van der Waals surface area contributed by atoms with Gasteiger partial charge in [0.15, 0.2) is 0 Å². The molecule has 0 spiro atoms. The molecule has 0 bridgehead atoms. The lowest BCUT2D eigenvalue weighted by Gasteiger charge is -2.19. The third-order valence-electron chi connectivity index (χ3n) is 3.01. The number of nitrogens with one attached hydrogen (secondary N) is 1. The molecule has 1 atom stereocenters. The van der Waals surface area contributed by atoms with Crippen LogP contribution in [0.2, 0.25) is 0 Å². The molecule has 2 nitrogen and oxygen atoms in total. The van der Waals surface area contributed by atoms with Crippen molar-refractivity contribution in [1.82, 2.24) is 5.32 Å². The van der Waals surface area contributed by atoms with Crippen molar-refractivity contribution in [3.05, 3.63) is 28.7 Å². The molecule has 0 aromatic heterocycles. The van der Waals surface area contributed by atoms with E-state index in [1.807, 2.05) is 24.3 Å². The molecule has 19 heavy (non-hydrogen) atoms. The van der Waals surface area contributed by atoms with E-state index in [2.05, 4.69) is 42.0 Å². The third kappa shape index (κ3) is 7.58. The van der Waals surface area contributed by atoms with Crippen LogP contribution in [-0.4, -0.2) is 19.2 Å². The Hall–Kier alpha value is -0.540. The minimum absolute atomic E-state index is 0.621. The largest absolute Gasteiger partial charge is 0.494 e. The van der Waals surface area contributed by atoms with Crippen LogP contribution in [-0.2, 0) is 0 Å². The maximum absolute atomic E-state index is 5.76. The first-order valence-electron chi connectivity index (χ1n) is 7.23. The predicted octanol–water partition coefficient (Wildman–Crippen LogP) is 4.63. The van der Waals surface area contributed by atoms with Gasteiger partial charge in [0, 0.05) is 10.5 Å². The Labute approximate surface area is 126 Å². The van der Waals surface area contributed by atoms with Crippen molar-refractivity contribution in [3.63, 3.8) is 0 Å². The Morgan fingerprint density at radius 3 is 2.74 bits per heavy atom. The van der Waals surface area contributed by atoms with Crippen LogP contribution in [0.3, 0.4) is 0 Å². The van der Waals surface area contributed by atoms with E-state index in [0.717, 1.165) is 35.7 Å². The van der Waals surface area contributed by atoms with Gasteiger partial charge < -0.3 is 10.1 Å². The van der Waals surface area contributed by atoms with Crippen LogP contribution < -0.4 is 10.1 Å². The van der Waals surface area contributed by atoms with E-state index in [-0.39, 0.29) is 0 Å². The van der Waals surface area contributed by atoms with E-state index in [1.165, 1.54) is 12.8 Å². The van der Waals surface area contributed by atoms with Crippen molar-refractivity contribution >= 4 is 15.9 Å². The molecular formula is C16H26BrNO. The molecule has 1 rings (SSSR count). The fourth-order valence-electron chi connectivity index (χ4n) is 2.24. The van der Waals surface area contributed by atoms with E-state index >= 15 is 0 Å². The molecule has 1 aromatic rings. The van der Waals surface area contributed by atoms with Crippen LogP contribution in [0, 0.1) is 5.92 Å². The van der Waals surface area contributed by atoms with E-state index in [0.29, 0.717) is 6.04 Å². The zero-order valence-corrected chi connectivity index (χ0v) is 13.9. The Morgan fingerprint density at radius 1 is 1.32 bits per heavy atom. The quantitative estimate of drug-likeness (QED) is 0.667. The van der Waals surface area contributed by atoms with Crippen molar-refractivity contribution in [2.24, 2.45) is 5.92 Å². The zero-order chi connectivity index (χ0) is 14.1. The summed E-state index contributed by atoms with van der Waals surface area (Å²) in [4.78, 5) is 0. The lowest BCUT2D eigenvalue weighted by Crippen LogP contribution is -2.30. The highest BCUT2D eigenvalue weighted by Crippen LogP contribution is 2.18. The maximum atomic E-state index is 5.76. The molecule has 1 N–H and O–H groups in total. The van der Waals surface area contributed by atoms with Crippen LogP contribution in [0.25, 0.3) is 0 Å². The SMILES string of the molecule is CCNC(CCCOc1cccc(Br)c1)CC(C)C. The maximum Gasteiger partial charge on any atom is 0.120 e. The normalized spacial score (nSPS) is 12.7. The third-order valence-corrected chi connectivity index (χ3v) is 3.50. The minimum atomic E-state index is 0.621. The molecule has 0 amide bonds. The van der Waals surface area contributed by atoms with Crippen molar-refractivity contribution in [1.29, 1.82) is 0 Å². The summed E-state index contributed by atoms with van der Waals surface area (Å²) in [5, 5.41) is 3.56. The average molecular weight is 328 g/mol. The highest BCUT2D eigenvalue weighted by Gasteiger charge is 2.09. The summed E-state index contributed by atoms with van der Waals surface area (Å²) in [5.74, 6) is 1.69. The fourth-order valence-corrected chi connectivity index (χ4v) is 2.62. The molecule has 0 fully saturated rings. The summed E-state index contributed by atoms with van der Waals surface area (Å²) in [6.07, 6.45) is 3.52. The zero-order valence-electron chi connectivity index (χ0n) is 12.3. The van der Waals surface area contributed by atoms with Gasteiger partial charge in [0.05, 0.1) is 6.61 Å². The number of hydrogen-bond acceptors (Lipinski definition) is 2. The monoisotopic (exact) mass is 327 g/mol. The number of ether oxygens (including phenoxy) is 1. The van der Waals surface area contributed by atoms with Gasteiger partial charge in [-0.1, -0.05) is 42.8 Å². The van der Waals surface area contributed by atoms with Crippen LogP contribution >= 0.6 is 15.9 Å². The highest BCUT2D eigenvalue weighted by molar-refractivity contribution is 9.10. The summed E-state index contributed by atoms with van der Waals surface area (Å²) in [6, 6.07) is 8.64. The lowest BCUT2D eigenvalue weighted by atomic mass is 10.00.